The molecule has 0 bridgehead atoms. The molecule has 0 fully saturated rings. The van der Waals surface area contributed by atoms with E-state index in [1.54, 1.807) is 0 Å². The largest absolute Gasteiger partial charge is 0.351 e. The van der Waals surface area contributed by atoms with Crippen LogP contribution in [0.4, 0.5) is 0 Å². The van der Waals surface area contributed by atoms with Crippen LogP contribution in [0.3, 0.4) is 0 Å². The Morgan fingerprint density at radius 3 is 2.39 bits per heavy atom. The maximum Gasteiger partial charge on any atom is 0.212 e. The van der Waals surface area contributed by atoms with E-state index >= 15 is 0 Å². The minimum Gasteiger partial charge on any atom is -0.351 e. The molecular formula is C19H10N2O2. The molecule has 4 heteroatoms. The zero-order chi connectivity index (χ0) is 15.6. The first-order valence-electron chi connectivity index (χ1n) is 7.33. The molecule has 1 aliphatic carbocycles. The molecule has 0 radical (unpaired) electrons. The molecule has 0 saturated heterocycles. The highest BCUT2D eigenvalue weighted by Gasteiger charge is 2.34. The molecule has 0 saturated carbocycles. The van der Waals surface area contributed by atoms with E-state index < -0.39 is 0 Å². The molecule has 0 unspecified atom stereocenters. The van der Waals surface area contributed by atoms with Gasteiger partial charge in [0.1, 0.15) is 0 Å². The van der Waals surface area contributed by atoms with E-state index in [1.165, 1.54) is 6.20 Å². The van der Waals surface area contributed by atoms with Crippen LogP contribution < -0.4 is 0 Å². The number of para-hydroxylation sites is 2. The third-order valence-corrected chi connectivity index (χ3v) is 4.41. The molecule has 0 spiro atoms. The number of benzene rings is 2. The van der Waals surface area contributed by atoms with E-state index in [1.807, 2.05) is 48.5 Å². The molecule has 108 valence electrons. The van der Waals surface area contributed by atoms with Crippen LogP contribution in [0, 0.1) is 0 Å². The van der Waals surface area contributed by atoms with Crippen LogP contribution in [0.2, 0.25) is 0 Å². The second-order valence-electron chi connectivity index (χ2n) is 5.64. The lowest BCUT2D eigenvalue weighted by Gasteiger charge is -2.16. The number of carbonyl (C=O) groups is 2. The SMILES string of the molecule is O=C1c2cnc3ccccc3c2C(=O)c2c1[nH]c1ccccc21. The summed E-state index contributed by atoms with van der Waals surface area (Å²) in [5.41, 5.74) is 3.17. The van der Waals surface area contributed by atoms with Gasteiger partial charge < -0.3 is 4.98 Å². The highest BCUT2D eigenvalue weighted by molar-refractivity contribution is 6.34. The van der Waals surface area contributed by atoms with Gasteiger partial charge in [0.25, 0.3) is 0 Å². The normalized spacial score (nSPS) is 13.4. The number of rotatable bonds is 0. The molecule has 0 atom stereocenters. The van der Waals surface area contributed by atoms with Crippen molar-refractivity contribution in [3.63, 3.8) is 0 Å². The number of hydrogen-bond acceptors (Lipinski definition) is 3. The summed E-state index contributed by atoms with van der Waals surface area (Å²) >= 11 is 0. The number of aromatic nitrogens is 2. The average molecular weight is 298 g/mol. The highest BCUT2D eigenvalue weighted by atomic mass is 16.1. The second-order valence-corrected chi connectivity index (χ2v) is 5.64. The van der Waals surface area contributed by atoms with Gasteiger partial charge in [0.05, 0.1) is 22.3 Å². The Hall–Kier alpha value is -3.27. The smallest absolute Gasteiger partial charge is 0.212 e. The monoisotopic (exact) mass is 298 g/mol. The van der Waals surface area contributed by atoms with Crippen molar-refractivity contribution >= 4 is 33.4 Å². The quantitative estimate of drug-likeness (QED) is 0.476. The zero-order valence-corrected chi connectivity index (χ0v) is 12.0. The number of nitrogens with one attached hydrogen (secondary N) is 1. The van der Waals surface area contributed by atoms with Crippen molar-refractivity contribution in [3.8, 4) is 0 Å². The number of ketones is 2. The molecule has 2 heterocycles. The van der Waals surface area contributed by atoms with E-state index in [2.05, 4.69) is 9.97 Å². The van der Waals surface area contributed by atoms with E-state index in [4.69, 9.17) is 0 Å². The van der Waals surface area contributed by atoms with Gasteiger partial charge in [-0.2, -0.15) is 0 Å². The molecule has 0 amide bonds. The van der Waals surface area contributed by atoms with Crippen molar-refractivity contribution in [1.29, 1.82) is 0 Å². The van der Waals surface area contributed by atoms with Crippen LogP contribution in [0.15, 0.2) is 54.7 Å². The summed E-state index contributed by atoms with van der Waals surface area (Å²) in [5.74, 6) is -0.297. The summed E-state index contributed by atoms with van der Waals surface area (Å²) in [7, 11) is 0. The molecule has 5 rings (SSSR count). The van der Waals surface area contributed by atoms with Crippen LogP contribution in [-0.4, -0.2) is 21.5 Å². The van der Waals surface area contributed by atoms with Gasteiger partial charge in [-0.05, 0) is 12.1 Å². The van der Waals surface area contributed by atoms with Crippen LogP contribution in [0.25, 0.3) is 21.8 Å². The standard InChI is InChI=1S/C19H10N2O2/c22-18-12-9-20-13-7-3-1-5-10(13)15(12)19(23)16-11-6-2-4-8-14(11)21-17(16)18/h1-9,21H. The second kappa shape index (κ2) is 4.14. The zero-order valence-electron chi connectivity index (χ0n) is 12.0. The van der Waals surface area contributed by atoms with Crippen LogP contribution in [0.1, 0.15) is 32.0 Å². The van der Waals surface area contributed by atoms with E-state index in [0.717, 1.165) is 21.8 Å². The number of aromatic amines is 1. The van der Waals surface area contributed by atoms with Crippen molar-refractivity contribution < 1.29 is 9.59 Å². The fourth-order valence-corrected chi connectivity index (χ4v) is 3.37. The summed E-state index contributed by atoms with van der Waals surface area (Å²) in [4.78, 5) is 33.4. The predicted octanol–water partition coefficient (Wildman–Crippen LogP) is 3.49. The van der Waals surface area contributed by atoms with Gasteiger partial charge in [-0.1, -0.05) is 36.4 Å². The highest BCUT2D eigenvalue weighted by Crippen LogP contribution is 2.35. The first-order valence-corrected chi connectivity index (χ1v) is 7.33. The summed E-state index contributed by atoms with van der Waals surface area (Å²) in [6.07, 6.45) is 1.51. The van der Waals surface area contributed by atoms with E-state index in [9.17, 15) is 9.59 Å². The van der Waals surface area contributed by atoms with Gasteiger partial charge in [-0.3, -0.25) is 14.6 Å². The van der Waals surface area contributed by atoms with Gasteiger partial charge in [0.15, 0.2) is 5.78 Å². The Kier molecular flexibility index (Phi) is 2.21. The minimum absolute atomic E-state index is 0.120. The predicted molar refractivity (Wildman–Crippen MR) is 86.9 cm³/mol. The molecule has 4 nitrogen and oxygen atoms in total. The number of nitrogens with zero attached hydrogens (tertiary/aromatic N) is 1. The van der Waals surface area contributed by atoms with Crippen molar-refractivity contribution in [3.05, 3.63) is 77.1 Å². The number of carbonyl (C=O) groups excluding carboxylic acids is 2. The Labute approximate surface area is 130 Å². The molecule has 2 aromatic carbocycles. The molecule has 4 aromatic rings. The van der Waals surface area contributed by atoms with Crippen LogP contribution in [0.5, 0.6) is 0 Å². The fourth-order valence-electron chi connectivity index (χ4n) is 3.37. The van der Waals surface area contributed by atoms with Gasteiger partial charge in [-0.25, -0.2) is 0 Å². The third-order valence-electron chi connectivity index (χ3n) is 4.41. The maximum atomic E-state index is 13.1. The summed E-state index contributed by atoms with van der Waals surface area (Å²) < 4.78 is 0. The Morgan fingerprint density at radius 2 is 1.52 bits per heavy atom. The summed E-state index contributed by atoms with van der Waals surface area (Å²) in [5, 5.41) is 1.51. The van der Waals surface area contributed by atoms with Crippen LogP contribution in [-0.2, 0) is 0 Å². The third kappa shape index (κ3) is 1.47. The molecular weight excluding hydrogens is 288 g/mol. The Bertz CT molecular complexity index is 1150. The van der Waals surface area contributed by atoms with Gasteiger partial charge in [0, 0.05) is 28.0 Å². The first-order chi connectivity index (χ1) is 11.3. The van der Waals surface area contributed by atoms with Crippen molar-refractivity contribution in [2.75, 3.05) is 0 Å². The molecule has 23 heavy (non-hydrogen) atoms. The minimum atomic E-state index is -0.177. The summed E-state index contributed by atoms with van der Waals surface area (Å²) in [6.45, 7) is 0. The Morgan fingerprint density at radius 1 is 0.783 bits per heavy atom. The van der Waals surface area contributed by atoms with Gasteiger partial charge >= 0.3 is 0 Å². The molecule has 0 aliphatic heterocycles. The lowest BCUT2D eigenvalue weighted by molar-refractivity contribution is 0.0979. The molecule has 1 aliphatic rings. The molecule has 1 N–H and O–H groups in total. The van der Waals surface area contributed by atoms with E-state index in [-0.39, 0.29) is 11.6 Å². The number of pyridine rings is 1. The summed E-state index contributed by atoms with van der Waals surface area (Å²) in [6, 6.07) is 14.9. The van der Waals surface area contributed by atoms with Crippen LogP contribution >= 0.6 is 0 Å². The van der Waals surface area contributed by atoms with Crippen molar-refractivity contribution in [2.24, 2.45) is 0 Å². The van der Waals surface area contributed by atoms with Crippen molar-refractivity contribution in [1.82, 2.24) is 9.97 Å². The number of fused-ring (bicyclic) bond motifs is 6. The van der Waals surface area contributed by atoms with E-state index in [0.29, 0.717) is 22.4 Å². The lowest BCUT2D eigenvalue weighted by atomic mass is 9.86. The van der Waals surface area contributed by atoms with Crippen molar-refractivity contribution in [2.45, 2.75) is 0 Å². The maximum absolute atomic E-state index is 13.1. The first kappa shape index (κ1) is 12.3. The number of hydrogen-bond donors (Lipinski definition) is 1. The fraction of sp³-hybridized carbons (Fsp3) is 0. The number of H-pyrrole nitrogens is 1. The Balaban J connectivity index is 1.94. The molecule has 2 aromatic heterocycles. The average Bonchev–Trinajstić information content (AvgIpc) is 2.99. The lowest BCUT2D eigenvalue weighted by Crippen LogP contribution is -2.21. The van der Waals surface area contributed by atoms with Gasteiger partial charge in [0.2, 0.25) is 5.78 Å². The van der Waals surface area contributed by atoms with Gasteiger partial charge in [-0.15, -0.1) is 0 Å². The topological polar surface area (TPSA) is 62.8 Å².